The predicted octanol–water partition coefficient (Wildman–Crippen LogP) is 7.43. The number of aliphatic carboxylic acids is 1. The van der Waals surface area contributed by atoms with Crippen LogP contribution in [0, 0.1) is 5.82 Å². The molecule has 2 fully saturated rings. The van der Waals surface area contributed by atoms with Gasteiger partial charge in [0.2, 0.25) is 0 Å². The minimum atomic E-state index is -0.833. The van der Waals surface area contributed by atoms with Crippen molar-refractivity contribution in [2.75, 3.05) is 31.6 Å². The molecule has 1 unspecified atom stereocenters. The molecule has 1 amide bonds. The number of likely N-dealkylation sites (tertiary alicyclic amines) is 1. The number of amides is 1. The molecule has 0 radical (unpaired) electrons. The third-order valence-electron chi connectivity index (χ3n) is 7.29. The molecule has 0 aliphatic carbocycles. The fraction of sp³-hybridized carbons (Fsp3) is 0.500. The Hall–Kier alpha value is -3.68. The van der Waals surface area contributed by atoms with Gasteiger partial charge in [0, 0.05) is 56.6 Å². The third-order valence-corrected chi connectivity index (χ3v) is 7.29. The molecule has 230 valence electrons. The number of likely N-dealkylation sites (N-methyl/N-ethyl adjacent to an activating group) is 1. The summed E-state index contributed by atoms with van der Waals surface area (Å²) < 4.78 is 15.1. The molecule has 0 spiro atoms. The number of aliphatic imine (C=N–C) groups is 1. The molecule has 42 heavy (non-hydrogen) atoms. The van der Waals surface area contributed by atoms with Gasteiger partial charge < -0.3 is 19.8 Å². The van der Waals surface area contributed by atoms with Crippen LogP contribution in [0.5, 0.6) is 0 Å². The van der Waals surface area contributed by atoms with Crippen molar-refractivity contribution in [3.05, 3.63) is 71.5 Å². The lowest BCUT2D eigenvalue weighted by atomic mass is 10.0. The fourth-order valence-corrected chi connectivity index (χ4v) is 5.17. The Morgan fingerprint density at radius 2 is 1.67 bits per heavy atom. The van der Waals surface area contributed by atoms with E-state index in [4.69, 9.17) is 14.9 Å². The third kappa shape index (κ3) is 9.71. The van der Waals surface area contributed by atoms with E-state index in [1.54, 1.807) is 18.2 Å². The lowest BCUT2D eigenvalue weighted by Gasteiger charge is -2.30. The Morgan fingerprint density at radius 1 is 1.05 bits per heavy atom. The first-order valence-electron chi connectivity index (χ1n) is 15.1. The lowest BCUT2D eigenvalue weighted by molar-refractivity contribution is -0.134. The van der Waals surface area contributed by atoms with E-state index in [0.29, 0.717) is 22.7 Å². The topological polar surface area (TPSA) is 76.5 Å². The van der Waals surface area contributed by atoms with Crippen LogP contribution in [0.4, 0.5) is 10.1 Å². The highest BCUT2D eigenvalue weighted by Crippen LogP contribution is 2.29. The number of rotatable bonds is 5. The number of carbonyl (C=O) groups is 2. The SMILES string of the molecule is C=C(/C=C1/N=C(C(=O)N2CCCCCC2C)C=C(C=C(C)C)N1C)c1ccc(N2CCCC2)cc1F.CC.CC(=O)O. The maximum absolute atomic E-state index is 15.1. The van der Waals surface area contributed by atoms with Crippen LogP contribution in [-0.4, -0.2) is 65.2 Å². The van der Waals surface area contributed by atoms with Crippen molar-refractivity contribution in [1.82, 2.24) is 9.80 Å². The zero-order valence-electron chi connectivity index (χ0n) is 26.5. The number of anilines is 1. The molecule has 1 aromatic rings. The molecule has 4 rings (SSSR count). The van der Waals surface area contributed by atoms with E-state index in [1.165, 1.54) is 0 Å². The summed E-state index contributed by atoms with van der Waals surface area (Å²) in [5.41, 5.74) is 4.29. The Kier molecular flexibility index (Phi) is 13.7. The molecule has 1 atom stereocenters. The Morgan fingerprint density at radius 3 is 2.26 bits per heavy atom. The summed E-state index contributed by atoms with van der Waals surface area (Å²) in [4.78, 5) is 33.4. The molecule has 0 saturated carbocycles. The van der Waals surface area contributed by atoms with E-state index >= 15 is 4.39 Å². The second kappa shape index (κ2) is 16.7. The van der Waals surface area contributed by atoms with Crippen LogP contribution >= 0.6 is 0 Å². The molecule has 0 bridgehead atoms. The number of carboxylic acid groups (broad SMARTS) is 1. The number of halogens is 1. The summed E-state index contributed by atoms with van der Waals surface area (Å²) in [5.74, 6) is -0.600. The van der Waals surface area contributed by atoms with E-state index in [-0.39, 0.29) is 17.8 Å². The highest BCUT2D eigenvalue weighted by molar-refractivity contribution is 6.44. The molecule has 0 aromatic heterocycles. The van der Waals surface area contributed by atoms with Gasteiger partial charge in [-0.15, -0.1) is 0 Å². The molecule has 3 aliphatic heterocycles. The van der Waals surface area contributed by atoms with Crippen LogP contribution in [0.25, 0.3) is 5.57 Å². The number of hydrogen-bond donors (Lipinski definition) is 1. The molecule has 3 heterocycles. The van der Waals surface area contributed by atoms with E-state index in [2.05, 4.69) is 18.4 Å². The van der Waals surface area contributed by atoms with Crippen LogP contribution < -0.4 is 4.90 Å². The lowest BCUT2D eigenvalue weighted by Crippen LogP contribution is -2.43. The number of benzene rings is 1. The standard InChI is InChI=1S/C30H39FN4O.C2H4O2.C2H6/c1-21(2)17-25-20-28(30(36)35-16-8-6-7-11-23(35)4)32-29(33(25)5)18-22(3)26-13-12-24(19-27(26)31)34-14-9-10-15-34;1-2(3)4;1-2/h12-13,17-20,23H,3,6-11,14-16H2,1-2,4-5H3;1H3,(H,3,4);1-2H3/b29-18-;;. The first-order valence-corrected chi connectivity index (χ1v) is 15.1. The Balaban J connectivity index is 0.000000947. The van der Waals surface area contributed by atoms with Crippen molar-refractivity contribution in [2.45, 2.75) is 86.1 Å². The Bertz CT molecular complexity index is 1230. The van der Waals surface area contributed by atoms with Gasteiger partial charge in [0.05, 0.1) is 0 Å². The largest absolute Gasteiger partial charge is 0.481 e. The summed E-state index contributed by atoms with van der Waals surface area (Å²) >= 11 is 0. The predicted molar refractivity (Wildman–Crippen MR) is 172 cm³/mol. The first-order chi connectivity index (χ1) is 20.0. The maximum atomic E-state index is 15.1. The quantitative estimate of drug-likeness (QED) is 0.392. The fourth-order valence-electron chi connectivity index (χ4n) is 5.17. The van der Waals surface area contributed by atoms with Gasteiger partial charge in [0.15, 0.2) is 0 Å². The summed E-state index contributed by atoms with van der Waals surface area (Å²) in [6.07, 6.45) is 12.3. The molecule has 8 heteroatoms. The van der Waals surface area contributed by atoms with Crippen molar-refractivity contribution in [2.24, 2.45) is 4.99 Å². The molecule has 1 aromatic carbocycles. The molecule has 1 N–H and O–H groups in total. The van der Waals surface area contributed by atoms with Gasteiger partial charge in [-0.1, -0.05) is 38.8 Å². The van der Waals surface area contributed by atoms with Gasteiger partial charge in [-0.05, 0) is 88.5 Å². The van der Waals surface area contributed by atoms with E-state index < -0.39 is 5.97 Å². The zero-order valence-corrected chi connectivity index (χ0v) is 26.5. The maximum Gasteiger partial charge on any atom is 0.300 e. The number of nitrogens with zero attached hydrogens (tertiary/aromatic N) is 4. The summed E-state index contributed by atoms with van der Waals surface area (Å²) in [7, 11) is 1.91. The van der Waals surface area contributed by atoms with E-state index in [0.717, 1.165) is 82.0 Å². The number of carbonyl (C=O) groups excluding carboxylic acids is 1. The smallest absolute Gasteiger partial charge is 0.300 e. The first kappa shape index (κ1) is 34.5. The summed E-state index contributed by atoms with van der Waals surface area (Å²) in [6, 6.07) is 5.55. The van der Waals surface area contributed by atoms with Crippen molar-refractivity contribution in [3.63, 3.8) is 0 Å². The van der Waals surface area contributed by atoms with Gasteiger partial charge in [0.25, 0.3) is 11.9 Å². The van der Waals surface area contributed by atoms with Crippen molar-refractivity contribution in [3.8, 4) is 0 Å². The number of carboxylic acids is 1. The molecule has 2 saturated heterocycles. The van der Waals surface area contributed by atoms with Crippen molar-refractivity contribution in [1.29, 1.82) is 0 Å². The van der Waals surface area contributed by atoms with Crippen molar-refractivity contribution >= 4 is 28.8 Å². The molecular weight excluding hydrogens is 531 g/mol. The molecular formula is C34H49FN4O3. The van der Waals surface area contributed by atoms with E-state index in [9.17, 15) is 4.79 Å². The average molecular weight is 581 g/mol. The van der Waals surface area contributed by atoms with Gasteiger partial charge in [-0.3, -0.25) is 9.59 Å². The second-order valence-corrected chi connectivity index (χ2v) is 10.9. The molecule has 7 nitrogen and oxygen atoms in total. The minimum absolute atomic E-state index is 0.0465. The van der Waals surface area contributed by atoms with Gasteiger partial charge >= 0.3 is 0 Å². The number of allylic oxidation sites excluding steroid dienone is 4. The second-order valence-electron chi connectivity index (χ2n) is 10.9. The summed E-state index contributed by atoms with van der Waals surface area (Å²) in [5, 5.41) is 7.42. The van der Waals surface area contributed by atoms with Crippen molar-refractivity contribution < 1.29 is 19.1 Å². The number of hydrogen-bond acceptors (Lipinski definition) is 5. The van der Waals surface area contributed by atoms with Crippen LogP contribution in [0.15, 0.2) is 65.1 Å². The van der Waals surface area contributed by atoms with E-state index in [1.807, 2.05) is 62.8 Å². The van der Waals surface area contributed by atoms with Gasteiger partial charge in [-0.25, -0.2) is 9.38 Å². The van der Waals surface area contributed by atoms with Crippen LogP contribution in [-0.2, 0) is 9.59 Å². The monoisotopic (exact) mass is 580 g/mol. The highest BCUT2D eigenvalue weighted by atomic mass is 19.1. The average Bonchev–Trinajstić information content (AvgIpc) is 3.39. The van der Waals surface area contributed by atoms with Crippen LogP contribution in [0.3, 0.4) is 0 Å². The summed E-state index contributed by atoms with van der Waals surface area (Å²) in [6.45, 7) is 18.1. The highest BCUT2D eigenvalue weighted by Gasteiger charge is 2.28. The molecule has 3 aliphatic rings. The van der Waals surface area contributed by atoms with Gasteiger partial charge in [-0.2, -0.15) is 0 Å². The Labute approximate surface area is 251 Å². The van der Waals surface area contributed by atoms with Crippen LogP contribution in [0.1, 0.15) is 85.6 Å². The minimum Gasteiger partial charge on any atom is -0.481 e. The zero-order chi connectivity index (χ0) is 31.4. The van der Waals surface area contributed by atoms with Crippen LogP contribution in [0.2, 0.25) is 0 Å². The van der Waals surface area contributed by atoms with Gasteiger partial charge in [0.1, 0.15) is 17.3 Å². The normalized spacial score (nSPS) is 19.4.